The molecular formula is C19H19NO4. The van der Waals surface area contributed by atoms with Gasteiger partial charge < -0.3 is 19.5 Å². The molecule has 2 aromatic rings. The van der Waals surface area contributed by atoms with Gasteiger partial charge in [-0.15, -0.1) is 0 Å². The van der Waals surface area contributed by atoms with Crippen LogP contribution in [-0.4, -0.2) is 35.8 Å². The van der Waals surface area contributed by atoms with Gasteiger partial charge in [-0.3, -0.25) is 4.79 Å². The molecule has 0 spiro atoms. The molecule has 4 rings (SSSR count). The predicted octanol–water partition coefficient (Wildman–Crippen LogP) is 2.68. The molecule has 0 radical (unpaired) electrons. The number of fused-ring (bicyclic) bond motifs is 1. The summed E-state index contributed by atoms with van der Waals surface area (Å²) in [7, 11) is 0. The van der Waals surface area contributed by atoms with E-state index in [1.807, 2.05) is 17.0 Å². The van der Waals surface area contributed by atoms with Crippen LogP contribution in [0.4, 0.5) is 0 Å². The lowest BCUT2D eigenvalue weighted by atomic mass is 9.98. The van der Waals surface area contributed by atoms with Gasteiger partial charge in [0.05, 0.1) is 6.42 Å². The van der Waals surface area contributed by atoms with Crippen LogP contribution in [0.25, 0.3) is 0 Å². The van der Waals surface area contributed by atoms with Crippen molar-refractivity contribution in [1.82, 2.24) is 4.90 Å². The van der Waals surface area contributed by atoms with Crippen molar-refractivity contribution in [3.63, 3.8) is 0 Å². The fraction of sp³-hybridized carbons (Fsp3) is 0.316. The van der Waals surface area contributed by atoms with E-state index in [2.05, 4.69) is 6.07 Å². The fourth-order valence-corrected chi connectivity index (χ4v) is 3.33. The van der Waals surface area contributed by atoms with Crippen molar-refractivity contribution < 1.29 is 19.4 Å². The predicted molar refractivity (Wildman–Crippen MR) is 88.3 cm³/mol. The van der Waals surface area contributed by atoms with Gasteiger partial charge in [0.2, 0.25) is 12.7 Å². The molecule has 0 aliphatic carbocycles. The number of carbonyl (C=O) groups is 1. The molecule has 1 saturated heterocycles. The normalized spacial score (nSPS) is 18.8. The Labute approximate surface area is 140 Å². The number of likely N-dealkylation sites (tertiary alicyclic amines) is 1. The van der Waals surface area contributed by atoms with Crippen LogP contribution in [0.2, 0.25) is 0 Å². The first-order chi connectivity index (χ1) is 11.7. The number of aromatic hydroxyl groups is 1. The lowest BCUT2D eigenvalue weighted by molar-refractivity contribution is -0.129. The zero-order valence-electron chi connectivity index (χ0n) is 13.3. The smallest absolute Gasteiger partial charge is 0.231 e. The Bertz CT molecular complexity index is 756. The molecule has 1 N–H and O–H groups in total. The van der Waals surface area contributed by atoms with Crippen molar-refractivity contribution in [2.45, 2.75) is 18.8 Å². The molecule has 24 heavy (non-hydrogen) atoms. The summed E-state index contributed by atoms with van der Waals surface area (Å²) in [6.07, 6.45) is 1.33. The summed E-state index contributed by atoms with van der Waals surface area (Å²) in [4.78, 5) is 14.4. The average molecular weight is 325 g/mol. The van der Waals surface area contributed by atoms with Gasteiger partial charge in [-0.05, 0) is 41.8 Å². The molecule has 0 saturated carbocycles. The van der Waals surface area contributed by atoms with E-state index >= 15 is 0 Å². The van der Waals surface area contributed by atoms with Gasteiger partial charge >= 0.3 is 0 Å². The van der Waals surface area contributed by atoms with E-state index < -0.39 is 0 Å². The number of carbonyl (C=O) groups excluding carboxylic acids is 1. The highest BCUT2D eigenvalue weighted by molar-refractivity contribution is 5.79. The molecule has 2 heterocycles. The second kappa shape index (κ2) is 6.07. The van der Waals surface area contributed by atoms with E-state index in [1.54, 1.807) is 24.3 Å². The van der Waals surface area contributed by atoms with E-state index in [1.165, 1.54) is 5.56 Å². The molecule has 5 heteroatoms. The van der Waals surface area contributed by atoms with Gasteiger partial charge in [0, 0.05) is 19.0 Å². The van der Waals surface area contributed by atoms with E-state index in [4.69, 9.17) is 9.47 Å². The van der Waals surface area contributed by atoms with Crippen LogP contribution in [0.5, 0.6) is 17.2 Å². The average Bonchev–Trinajstić information content (AvgIpc) is 3.25. The zero-order chi connectivity index (χ0) is 16.5. The van der Waals surface area contributed by atoms with Crippen LogP contribution in [0.1, 0.15) is 23.5 Å². The molecule has 0 aromatic heterocycles. The van der Waals surface area contributed by atoms with E-state index in [0.29, 0.717) is 12.3 Å². The SMILES string of the molecule is O=C(Cc1ccc(O)cc1)N1CC[C@H](c2ccc3c(c2)OCO3)C1. The van der Waals surface area contributed by atoms with Crippen molar-refractivity contribution in [2.24, 2.45) is 0 Å². The maximum atomic E-state index is 12.5. The van der Waals surface area contributed by atoms with Crippen LogP contribution in [0.15, 0.2) is 42.5 Å². The van der Waals surface area contributed by atoms with Crippen LogP contribution < -0.4 is 9.47 Å². The Kier molecular flexibility index (Phi) is 3.76. The molecule has 1 fully saturated rings. The quantitative estimate of drug-likeness (QED) is 0.942. The van der Waals surface area contributed by atoms with Crippen molar-refractivity contribution in [3.8, 4) is 17.2 Å². The van der Waals surface area contributed by atoms with Crippen molar-refractivity contribution >= 4 is 5.91 Å². The Hall–Kier alpha value is -2.69. The number of benzene rings is 2. The van der Waals surface area contributed by atoms with Gasteiger partial charge in [-0.25, -0.2) is 0 Å². The Morgan fingerprint density at radius 3 is 2.75 bits per heavy atom. The van der Waals surface area contributed by atoms with Gasteiger partial charge in [-0.1, -0.05) is 18.2 Å². The van der Waals surface area contributed by atoms with E-state index in [-0.39, 0.29) is 18.4 Å². The molecule has 1 atom stereocenters. The second-order valence-electron chi connectivity index (χ2n) is 6.28. The zero-order valence-corrected chi connectivity index (χ0v) is 13.3. The van der Waals surface area contributed by atoms with Gasteiger partial charge in [0.25, 0.3) is 0 Å². The largest absolute Gasteiger partial charge is 0.508 e. The molecule has 2 aliphatic rings. The summed E-state index contributed by atoms with van der Waals surface area (Å²) in [6, 6.07) is 12.8. The molecule has 124 valence electrons. The number of nitrogens with zero attached hydrogens (tertiary/aromatic N) is 1. The van der Waals surface area contributed by atoms with Crippen molar-refractivity contribution in [3.05, 3.63) is 53.6 Å². The topological polar surface area (TPSA) is 59.0 Å². The lowest BCUT2D eigenvalue weighted by Crippen LogP contribution is -2.29. The molecule has 1 amide bonds. The number of phenols is 1. The summed E-state index contributed by atoms with van der Waals surface area (Å²) in [5.74, 6) is 2.26. The summed E-state index contributed by atoms with van der Waals surface area (Å²) in [5, 5.41) is 9.32. The number of amides is 1. The van der Waals surface area contributed by atoms with E-state index in [0.717, 1.165) is 36.6 Å². The summed E-state index contributed by atoms with van der Waals surface area (Å²) >= 11 is 0. The van der Waals surface area contributed by atoms with Gasteiger partial charge in [0.15, 0.2) is 11.5 Å². The first-order valence-corrected chi connectivity index (χ1v) is 8.14. The standard InChI is InChI=1S/C19H19NO4/c21-16-4-1-13(2-5-16)9-19(22)20-8-7-15(11-20)14-3-6-17-18(10-14)24-12-23-17/h1-6,10,15,21H,7-9,11-12H2/t15-/m0/s1. The summed E-state index contributed by atoms with van der Waals surface area (Å²) in [6.45, 7) is 1.79. The third-order valence-electron chi connectivity index (χ3n) is 4.70. The Balaban J connectivity index is 1.40. The highest BCUT2D eigenvalue weighted by Gasteiger charge is 2.28. The maximum Gasteiger partial charge on any atom is 0.231 e. The molecule has 2 aromatic carbocycles. The number of rotatable bonds is 3. The third kappa shape index (κ3) is 2.89. The third-order valence-corrected chi connectivity index (χ3v) is 4.70. The highest BCUT2D eigenvalue weighted by Crippen LogP contribution is 2.37. The molecule has 5 nitrogen and oxygen atoms in total. The van der Waals surface area contributed by atoms with Crippen LogP contribution in [0, 0.1) is 0 Å². The Morgan fingerprint density at radius 1 is 1.12 bits per heavy atom. The molecule has 2 aliphatic heterocycles. The maximum absolute atomic E-state index is 12.5. The number of ether oxygens (including phenoxy) is 2. The van der Waals surface area contributed by atoms with Gasteiger partial charge in [0.1, 0.15) is 5.75 Å². The van der Waals surface area contributed by atoms with Crippen LogP contribution in [0.3, 0.4) is 0 Å². The summed E-state index contributed by atoms with van der Waals surface area (Å²) in [5.41, 5.74) is 2.11. The fourth-order valence-electron chi connectivity index (χ4n) is 3.33. The van der Waals surface area contributed by atoms with E-state index in [9.17, 15) is 9.90 Å². The minimum absolute atomic E-state index is 0.129. The molecule has 0 bridgehead atoms. The minimum Gasteiger partial charge on any atom is -0.508 e. The van der Waals surface area contributed by atoms with Crippen LogP contribution in [-0.2, 0) is 11.2 Å². The second-order valence-corrected chi connectivity index (χ2v) is 6.28. The lowest BCUT2D eigenvalue weighted by Gasteiger charge is -2.17. The minimum atomic E-state index is 0.129. The number of hydrogen-bond donors (Lipinski definition) is 1. The Morgan fingerprint density at radius 2 is 1.92 bits per heavy atom. The van der Waals surface area contributed by atoms with Crippen molar-refractivity contribution in [2.75, 3.05) is 19.9 Å². The number of hydrogen-bond acceptors (Lipinski definition) is 4. The first-order valence-electron chi connectivity index (χ1n) is 8.14. The number of phenolic OH excluding ortho intramolecular Hbond substituents is 1. The summed E-state index contributed by atoms with van der Waals surface area (Å²) < 4.78 is 10.8. The molecule has 0 unspecified atom stereocenters. The van der Waals surface area contributed by atoms with Gasteiger partial charge in [-0.2, -0.15) is 0 Å². The monoisotopic (exact) mass is 325 g/mol. The first kappa shape index (κ1) is 14.9. The highest BCUT2D eigenvalue weighted by atomic mass is 16.7. The molecular weight excluding hydrogens is 306 g/mol. The van der Waals surface area contributed by atoms with Crippen molar-refractivity contribution in [1.29, 1.82) is 0 Å². The van der Waals surface area contributed by atoms with Crippen LogP contribution >= 0.6 is 0 Å².